The number of rotatable bonds is 11. The zero-order valence-electron chi connectivity index (χ0n) is 17.5. The van der Waals surface area contributed by atoms with Crippen LogP contribution in [0.3, 0.4) is 0 Å². The average Bonchev–Trinajstić information content (AvgIpc) is 2.71. The number of nitrogens with one attached hydrogen (secondary N) is 1. The van der Waals surface area contributed by atoms with Gasteiger partial charge >= 0.3 is 0 Å². The second kappa shape index (κ2) is 11.3. The third kappa shape index (κ3) is 6.57. The third-order valence-electron chi connectivity index (χ3n) is 4.40. The van der Waals surface area contributed by atoms with Crippen molar-refractivity contribution in [2.45, 2.75) is 40.3 Å². The molecule has 5 nitrogen and oxygen atoms in total. The molecule has 0 saturated heterocycles. The van der Waals surface area contributed by atoms with Gasteiger partial charge in [-0.2, -0.15) is 0 Å². The summed E-state index contributed by atoms with van der Waals surface area (Å²) in [4.78, 5) is 14.8. The van der Waals surface area contributed by atoms with E-state index < -0.39 is 0 Å². The maximum Gasteiger partial charge on any atom is 0.251 e. The van der Waals surface area contributed by atoms with Gasteiger partial charge in [-0.1, -0.05) is 38.1 Å². The standard InChI is InChI=1S/C23H32N2O3/c1-5-13-28-21-12-11-20(15-22(21)27-7-3)23(26)24-16-18-9-8-10-19(14-18)17-25(4)6-2/h8-12,14-15H,5-7,13,16-17H2,1-4H3,(H,24,26). The van der Waals surface area contributed by atoms with Crippen LogP contribution in [0, 0.1) is 0 Å². The van der Waals surface area contributed by atoms with E-state index in [0.29, 0.717) is 36.8 Å². The lowest BCUT2D eigenvalue weighted by Crippen LogP contribution is -2.23. The monoisotopic (exact) mass is 384 g/mol. The van der Waals surface area contributed by atoms with Gasteiger partial charge in [0.1, 0.15) is 0 Å². The van der Waals surface area contributed by atoms with Gasteiger partial charge in [0.15, 0.2) is 11.5 Å². The van der Waals surface area contributed by atoms with Crippen LogP contribution in [0.4, 0.5) is 0 Å². The smallest absolute Gasteiger partial charge is 0.251 e. The van der Waals surface area contributed by atoms with Crippen molar-refractivity contribution in [2.24, 2.45) is 0 Å². The van der Waals surface area contributed by atoms with Crippen LogP contribution in [-0.2, 0) is 13.1 Å². The molecule has 2 rings (SSSR count). The Hall–Kier alpha value is -2.53. The van der Waals surface area contributed by atoms with E-state index in [-0.39, 0.29) is 5.91 Å². The van der Waals surface area contributed by atoms with Crippen LogP contribution < -0.4 is 14.8 Å². The number of ether oxygens (including phenoxy) is 2. The van der Waals surface area contributed by atoms with E-state index in [1.54, 1.807) is 18.2 Å². The van der Waals surface area contributed by atoms with Gasteiger partial charge in [0.2, 0.25) is 0 Å². The minimum Gasteiger partial charge on any atom is -0.490 e. The zero-order valence-corrected chi connectivity index (χ0v) is 17.5. The van der Waals surface area contributed by atoms with Crippen molar-refractivity contribution in [1.29, 1.82) is 0 Å². The average molecular weight is 385 g/mol. The van der Waals surface area contributed by atoms with Crippen molar-refractivity contribution >= 4 is 5.91 Å². The molecule has 0 saturated carbocycles. The SMILES string of the molecule is CCCOc1ccc(C(=O)NCc2cccc(CN(C)CC)c2)cc1OCC. The molecule has 1 N–H and O–H groups in total. The molecule has 0 aliphatic carbocycles. The van der Waals surface area contributed by atoms with E-state index in [2.05, 4.69) is 43.2 Å². The number of benzene rings is 2. The van der Waals surface area contributed by atoms with Crippen LogP contribution in [0.1, 0.15) is 48.7 Å². The van der Waals surface area contributed by atoms with Crippen LogP contribution >= 0.6 is 0 Å². The summed E-state index contributed by atoms with van der Waals surface area (Å²) >= 11 is 0. The molecule has 5 heteroatoms. The highest BCUT2D eigenvalue weighted by Crippen LogP contribution is 2.28. The predicted molar refractivity (Wildman–Crippen MR) is 113 cm³/mol. The maximum absolute atomic E-state index is 12.6. The van der Waals surface area contributed by atoms with Gasteiger partial charge in [-0.25, -0.2) is 0 Å². The van der Waals surface area contributed by atoms with E-state index in [0.717, 1.165) is 25.1 Å². The Kier molecular flexibility index (Phi) is 8.82. The van der Waals surface area contributed by atoms with Crippen molar-refractivity contribution in [3.8, 4) is 11.5 Å². The van der Waals surface area contributed by atoms with Crippen molar-refractivity contribution in [3.63, 3.8) is 0 Å². The Balaban J connectivity index is 2.02. The molecule has 0 radical (unpaired) electrons. The zero-order chi connectivity index (χ0) is 20.4. The number of carbonyl (C=O) groups excluding carboxylic acids is 1. The molecule has 0 unspecified atom stereocenters. The molecule has 0 spiro atoms. The molecule has 0 atom stereocenters. The van der Waals surface area contributed by atoms with Crippen LogP contribution in [-0.4, -0.2) is 37.6 Å². The van der Waals surface area contributed by atoms with Crippen LogP contribution in [0.2, 0.25) is 0 Å². The quantitative estimate of drug-likeness (QED) is 0.629. The second-order valence-corrected chi connectivity index (χ2v) is 6.78. The first-order valence-electron chi connectivity index (χ1n) is 10.0. The van der Waals surface area contributed by atoms with Crippen LogP contribution in [0.5, 0.6) is 11.5 Å². The fourth-order valence-electron chi connectivity index (χ4n) is 2.79. The topological polar surface area (TPSA) is 50.8 Å². The molecule has 0 fully saturated rings. The minimum absolute atomic E-state index is 0.126. The first-order valence-corrected chi connectivity index (χ1v) is 10.0. The van der Waals surface area contributed by atoms with Gasteiger partial charge in [-0.15, -0.1) is 0 Å². The lowest BCUT2D eigenvalue weighted by Gasteiger charge is -2.15. The van der Waals surface area contributed by atoms with Gasteiger partial charge in [-0.05, 0) is 56.3 Å². The Bertz CT molecular complexity index is 761. The fraction of sp³-hybridized carbons (Fsp3) is 0.435. The predicted octanol–water partition coefficient (Wildman–Crippen LogP) is 4.26. The van der Waals surface area contributed by atoms with Gasteiger partial charge < -0.3 is 19.7 Å². The number of nitrogens with zero attached hydrogens (tertiary/aromatic N) is 1. The number of amides is 1. The lowest BCUT2D eigenvalue weighted by molar-refractivity contribution is 0.0950. The van der Waals surface area contributed by atoms with Gasteiger partial charge in [-0.3, -0.25) is 4.79 Å². The molecule has 0 aromatic heterocycles. The molecular weight excluding hydrogens is 352 g/mol. The number of carbonyl (C=O) groups is 1. The Labute approximate surface area is 168 Å². The Morgan fingerprint density at radius 3 is 2.50 bits per heavy atom. The minimum atomic E-state index is -0.126. The van der Waals surface area contributed by atoms with E-state index in [1.165, 1.54) is 5.56 Å². The summed E-state index contributed by atoms with van der Waals surface area (Å²) in [5, 5.41) is 2.99. The molecule has 0 heterocycles. The van der Waals surface area contributed by atoms with E-state index in [9.17, 15) is 4.79 Å². The second-order valence-electron chi connectivity index (χ2n) is 6.78. The third-order valence-corrected chi connectivity index (χ3v) is 4.40. The number of hydrogen-bond acceptors (Lipinski definition) is 4. The molecule has 1 amide bonds. The van der Waals surface area contributed by atoms with Crippen molar-refractivity contribution < 1.29 is 14.3 Å². The summed E-state index contributed by atoms with van der Waals surface area (Å²) in [6.07, 6.45) is 0.918. The summed E-state index contributed by atoms with van der Waals surface area (Å²) in [5.41, 5.74) is 2.89. The van der Waals surface area contributed by atoms with E-state index in [4.69, 9.17) is 9.47 Å². The van der Waals surface area contributed by atoms with Gasteiger partial charge in [0, 0.05) is 18.7 Å². The molecule has 2 aromatic rings. The fourth-order valence-corrected chi connectivity index (χ4v) is 2.79. The summed E-state index contributed by atoms with van der Waals surface area (Å²) < 4.78 is 11.3. The summed E-state index contributed by atoms with van der Waals surface area (Å²) in [6, 6.07) is 13.6. The summed E-state index contributed by atoms with van der Waals surface area (Å²) in [7, 11) is 2.10. The summed E-state index contributed by atoms with van der Waals surface area (Å²) in [5.74, 6) is 1.15. The van der Waals surface area contributed by atoms with Crippen molar-refractivity contribution in [1.82, 2.24) is 10.2 Å². The molecular formula is C23H32N2O3. The molecule has 28 heavy (non-hydrogen) atoms. The molecule has 0 bridgehead atoms. The lowest BCUT2D eigenvalue weighted by atomic mass is 10.1. The molecule has 152 valence electrons. The normalized spacial score (nSPS) is 10.8. The maximum atomic E-state index is 12.6. The Morgan fingerprint density at radius 2 is 1.79 bits per heavy atom. The largest absolute Gasteiger partial charge is 0.490 e. The number of hydrogen-bond donors (Lipinski definition) is 1. The summed E-state index contributed by atoms with van der Waals surface area (Å²) in [6.45, 7) is 9.63. The van der Waals surface area contributed by atoms with Gasteiger partial charge in [0.05, 0.1) is 13.2 Å². The van der Waals surface area contributed by atoms with Crippen molar-refractivity contribution in [2.75, 3.05) is 26.8 Å². The highest BCUT2D eigenvalue weighted by molar-refractivity contribution is 5.94. The van der Waals surface area contributed by atoms with Crippen LogP contribution in [0.15, 0.2) is 42.5 Å². The molecule has 2 aromatic carbocycles. The first-order chi connectivity index (χ1) is 13.6. The van der Waals surface area contributed by atoms with Crippen LogP contribution in [0.25, 0.3) is 0 Å². The van der Waals surface area contributed by atoms with E-state index in [1.807, 2.05) is 19.1 Å². The molecule has 0 aliphatic heterocycles. The molecule has 0 aliphatic rings. The van der Waals surface area contributed by atoms with Gasteiger partial charge in [0.25, 0.3) is 5.91 Å². The van der Waals surface area contributed by atoms with Crippen molar-refractivity contribution in [3.05, 3.63) is 59.2 Å². The van der Waals surface area contributed by atoms with E-state index >= 15 is 0 Å². The highest BCUT2D eigenvalue weighted by Gasteiger charge is 2.12. The highest BCUT2D eigenvalue weighted by atomic mass is 16.5. The Morgan fingerprint density at radius 1 is 1.00 bits per heavy atom. The first kappa shape index (κ1) is 21.8.